The molecular weight excluding hydrogens is 282 g/mol. The molecule has 1 heterocycles. The van der Waals surface area contributed by atoms with Crippen LogP contribution in [0.5, 0.6) is 0 Å². The van der Waals surface area contributed by atoms with E-state index in [1.807, 2.05) is 0 Å². The van der Waals surface area contributed by atoms with Gasteiger partial charge in [-0.05, 0) is 32.4 Å². The molecule has 1 aromatic rings. The van der Waals surface area contributed by atoms with Gasteiger partial charge in [-0.15, -0.1) is 0 Å². The van der Waals surface area contributed by atoms with Crippen LogP contribution in [0.4, 0.5) is 0 Å². The van der Waals surface area contributed by atoms with Crippen molar-refractivity contribution in [2.75, 3.05) is 18.1 Å². The highest BCUT2D eigenvalue weighted by atomic mass is 32.2. The predicted octanol–water partition coefficient (Wildman–Crippen LogP) is 4.06. The Kier molecular flexibility index (Phi) is 6.31. The van der Waals surface area contributed by atoms with E-state index in [1.54, 1.807) is 0 Å². The zero-order chi connectivity index (χ0) is 14.5. The Balaban J connectivity index is 2.11. The summed E-state index contributed by atoms with van der Waals surface area (Å²) in [4.78, 5) is 0. The van der Waals surface area contributed by atoms with Crippen molar-refractivity contribution in [1.29, 1.82) is 0 Å². The molecule has 1 fully saturated rings. The van der Waals surface area contributed by atoms with Crippen LogP contribution in [0.3, 0.4) is 0 Å². The summed E-state index contributed by atoms with van der Waals surface area (Å²) in [6.07, 6.45) is 1.15. The van der Waals surface area contributed by atoms with E-state index >= 15 is 0 Å². The first kappa shape index (κ1) is 16.3. The van der Waals surface area contributed by atoms with E-state index < -0.39 is 0 Å². The number of likely N-dealkylation sites (N-methyl/N-ethyl adjacent to an activating group) is 1. The van der Waals surface area contributed by atoms with Gasteiger partial charge in [0.25, 0.3) is 0 Å². The maximum Gasteiger partial charge on any atom is 0.0320 e. The van der Waals surface area contributed by atoms with Gasteiger partial charge in [0.2, 0.25) is 0 Å². The highest BCUT2D eigenvalue weighted by Gasteiger charge is 2.29. The van der Waals surface area contributed by atoms with Crippen molar-refractivity contribution < 1.29 is 0 Å². The number of hydrogen-bond donors (Lipinski definition) is 1. The lowest BCUT2D eigenvalue weighted by Gasteiger charge is -2.35. The van der Waals surface area contributed by atoms with Gasteiger partial charge in [0.05, 0.1) is 0 Å². The van der Waals surface area contributed by atoms with Crippen LogP contribution >= 0.6 is 23.5 Å². The van der Waals surface area contributed by atoms with E-state index in [-0.39, 0.29) is 0 Å². The summed E-state index contributed by atoms with van der Waals surface area (Å²) >= 11 is 4.30. The summed E-state index contributed by atoms with van der Waals surface area (Å²) in [5.41, 5.74) is 4.25. The Bertz CT molecular complexity index is 413. The molecule has 2 rings (SSSR count). The third-order valence-electron chi connectivity index (χ3n) is 3.84. The molecule has 3 unspecified atom stereocenters. The maximum absolute atomic E-state index is 3.74. The molecule has 20 heavy (non-hydrogen) atoms. The monoisotopic (exact) mass is 309 g/mol. The lowest BCUT2D eigenvalue weighted by Crippen LogP contribution is -2.45. The standard InChI is InChI=1S/C17H27NS2/c1-5-18-16(17-14(4)19-6-7-20-17)11-15-9-12(2)8-13(3)10-15/h8-10,14,16-18H,5-7,11H2,1-4H3. The van der Waals surface area contributed by atoms with Crippen LogP contribution in [-0.2, 0) is 6.42 Å². The van der Waals surface area contributed by atoms with Crippen molar-refractivity contribution in [3.05, 3.63) is 34.9 Å². The van der Waals surface area contributed by atoms with Crippen LogP contribution in [0.25, 0.3) is 0 Å². The molecule has 0 radical (unpaired) electrons. The summed E-state index contributed by atoms with van der Waals surface area (Å²) in [6, 6.07) is 7.55. The van der Waals surface area contributed by atoms with Gasteiger partial charge in [0.15, 0.2) is 0 Å². The summed E-state index contributed by atoms with van der Waals surface area (Å²) in [5.74, 6) is 2.61. The molecule has 1 N–H and O–H groups in total. The molecule has 112 valence electrons. The largest absolute Gasteiger partial charge is 0.313 e. The first-order chi connectivity index (χ1) is 9.60. The molecule has 0 saturated carbocycles. The number of nitrogens with one attached hydrogen (secondary N) is 1. The third-order valence-corrected chi connectivity index (χ3v) is 7.09. The molecular formula is C17H27NS2. The Labute approximate surface area is 132 Å². The Morgan fingerprint density at radius 2 is 1.80 bits per heavy atom. The van der Waals surface area contributed by atoms with Crippen molar-refractivity contribution in [1.82, 2.24) is 5.32 Å². The average Bonchev–Trinajstić information content (AvgIpc) is 2.37. The smallest absolute Gasteiger partial charge is 0.0320 e. The van der Waals surface area contributed by atoms with Crippen LogP contribution in [0.15, 0.2) is 18.2 Å². The number of aryl methyl sites for hydroxylation is 2. The quantitative estimate of drug-likeness (QED) is 0.881. The molecule has 1 aliphatic heterocycles. The highest BCUT2D eigenvalue weighted by Crippen LogP contribution is 2.34. The van der Waals surface area contributed by atoms with Crippen LogP contribution in [0, 0.1) is 13.8 Å². The van der Waals surface area contributed by atoms with Crippen molar-refractivity contribution in [3.63, 3.8) is 0 Å². The molecule has 3 heteroatoms. The Morgan fingerprint density at radius 1 is 1.15 bits per heavy atom. The van der Waals surface area contributed by atoms with Crippen LogP contribution in [0.1, 0.15) is 30.5 Å². The minimum atomic E-state index is 0.592. The molecule has 0 spiro atoms. The van der Waals surface area contributed by atoms with Gasteiger partial charge in [-0.1, -0.05) is 43.2 Å². The molecule has 1 saturated heterocycles. The van der Waals surface area contributed by atoms with Gasteiger partial charge in [0, 0.05) is 28.0 Å². The normalized spacial score (nSPS) is 24.6. The second-order valence-corrected chi connectivity index (χ2v) is 8.55. The van der Waals surface area contributed by atoms with Gasteiger partial charge < -0.3 is 5.32 Å². The molecule has 1 aromatic carbocycles. The van der Waals surface area contributed by atoms with Gasteiger partial charge in [0.1, 0.15) is 0 Å². The van der Waals surface area contributed by atoms with Gasteiger partial charge in [-0.3, -0.25) is 0 Å². The summed E-state index contributed by atoms with van der Waals surface area (Å²) in [7, 11) is 0. The Morgan fingerprint density at radius 3 is 2.40 bits per heavy atom. The second-order valence-electron chi connectivity index (χ2n) is 5.78. The predicted molar refractivity (Wildman–Crippen MR) is 95.3 cm³/mol. The van der Waals surface area contributed by atoms with Gasteiger partial charge in [-0.25, -0.2) is 0 Å². The molecule has 0 bridgehead atoms. The number of rotatable bonds is 5. The van der Waals surface area contributed by atoms with Crippen molar-refractivity contribution in [2.45, 2.75) is 50.7 Å². The maximum atomic E-state index is 3.74. The molecule has 0 aliphatic carbocycles. The second kappa shape index (κ2) is 7.77. The average molecular weight is 310 g/mol. The highest BCUT2D eigenvalue weighted by molar-refractivity contribution is 8.07. The van der Waals surface area contributed by atoms with E-state index in [1.165, 1.54) is 28.2 Å². The third kappa shape index (κ3) is 4.44. The minimum Gasteiger partial charge on any atom is -0.313 e. The van der Waals surface area contributed by atoms with E-state index in [2.05, 4.69) is 74.7 Å². The molecule has 0 amide bonds. The van der Waals surface area contributed by atoms with Gasteiger partial charge in [-0.2, -0.15) is 23.5 Å². The number of benzene rings is 1. The molecule has 0 aromatic heterocycles. The van der Waals surface area contributed by atoms with Gasteiger partial charge >= 0.3 is 0 Å². The summed E-state index contributed by atoms with van der Waals surface area (Å²) < 4.78 is 0. The first-order valence-corrected chi connectivity index (χ1v) is 9.73. The first-order valence-electron chi connectivity index (χ1n) is 7.64. The van der Waals surface area contributed by atoms with E-state index in [0.29, 0.717) is 6.04 Å². The Hall–Kier alpha value is -0.120. The molecule has 1 aliphatic rings. The van der Waals surface area contributed by atoms with Crippen molar-refractivity contribution >= 4 is 23.5 Å². The molecule has 1 nitrogen and oxygen atoms in total. The fraction of sp³-hybridized carbons (Fsp3) is 0.647. The lowest BCUT2D eigenvalue weighted by molar-refractivity contribution is 0.500. The SMILES string of the molecule is CCNC(Cc1cc(C)cc(C)c1)C1SCCSC1C. The topological polar surface area (TPSA) is 12.0 Å². The summed E-state index contributed by atoms with van der Waals surface area (Å²) in [5, 5.41) is 5.22. The number of thioether (sulfide) groups is 2. The van der Waals surface area contributed by atoms with E-state index in [0.717, 1.165) is 23.5 Å². The molecule has 3 atom stereocenters. The lowest BCUT2D eigenvalue weighted by atomic mass is 9.98. The zero-order valence-electron chi connectivity index (χ0n) is 13.1. The number of hydrogen-bond acceptors (Lipinski definition) is 3. The van der Waals surface area contributed by atoms with E-state index in [4.69, 9.17) is 0 Å². The van der Waals surface area contributed by atoms with Crippen molar-refractivity contribution in [3.8, 4) is 0 Å². The van der Waals surface area contributed by atoms with Crippen LogP contribution in [0.2, 0.25) is 0 Å². The summed E-state index contributed by atoms with van der Waals surface area (Å²) in [6.45, 7) is 10.1. The van der Waals surface area contributed by atoms with Crippen LogP contribution < -0.4 is 5.32 Å². The fourth-order valence-corrected chi connectivity index (χ4v) is 6.06. The van der Waals surface area contributed by atoms with E-state index in [9.17, 15) is 0 Å². The minimum absolute atomic E-state index is 0.592. The van der Waals surface area contributed by atoms with Crippen LogP contribution in [-0.4, -0.2) is 34.6 Å². The van der Waals surface area contributed by atoms with Crippen molar-refractivity contribution in [2.24, 2.45) is 0 Å². The zero-order valence-corrected chi connectivity index (χ0v) is 14.7. The fourth-order valence-electron chi connectivity index (χ4n) is 3.10.